The highest BCUT2D eigenvalue weighted by atomic mass is 16.3. The number of carbonyl (C=O) groups excluding carboxylic acids is 1. The molecule has 0 aliphatic rings. The highest BCUT2D eigenvalue weighted by Crippen LogP contribution is 1.98. The van der Waals surface area contributed by atoms with E-state index in [0.29, 0.717) is 6.54 Å². The highest BCUT2D eigenvalue weighted by Gasteiger charge is 2.07. The molecule has 0 unspecified atom stereocenters. The fraction of sp³-hybridized carbons (Fsp3) is 0.286. The Morgan fingerprint density at radius 3 is 3.09 bits per heavy atom. The summed E-state index contributed by atoms with van der Waals surface area (Å²) in [5.41, 5.74) is 0.275. The van der Waals surface area contributed by atoms with Crippen molar-refractivity contribution in [3.05, 3.63) is 24.8 Å². The Morgan fingerprint density at radius 1 is 1.91 bits per heavy atom. The van der Waals surface area contributed by atoms with Gasteiger partial charge in [0, 0.05) is 13.5 Å². The Bertz CT molecular complexity index is 255. The second-order valence-electron chi connectivity index (χ2n) is 1.99. The van der Waals surface area contributed by atoms with E-state index in [4.69, 9.17) is 4.42 Å². The molecule has 0 bridgehead atoms. The zero-order valence-corrected chi connectivity index (χ0v) is 6.26. The second kappa shape index (κ2) is 3.18. The summed E-state index contributed by atoms with van der Waals surface area (Å²) in [5, 5.41) is 2.59. The van der Waals surface area contributed by atoms with Gasteiger partial charge < -0.3 is 9.73 Å². The molecule has 0 saturated carbocycles. The fourth-order valence-electron chi connectivity index (χ4n) is 0.666. The smallest absolute Gasteiger partial charge is 0.273 e. The molecule has 0 aliphatic heterocycles. The van der Waals surface area contributed by atoms with Crippen molar-refractivity contribution in [1.29, 1.82) is 0 Å². The number of hydrogen-bond donors (Lipinski definition) is 1. The molecular formula is C7H9N2O2. The van der Waals surface area contributed by atoms with Crippen LogP contribution in [0.4, 0.5) is 0 Å². The number of carbonyl (C=O) groups is 1. The van der Waals surface area contributed by atoms with Crippen LogP contribution >= 0.6 is 0 Å². The van der Waals surface area contributed by atoms with Gasteiger partial charge in [-0.15, -0.1) is 0 Å². The van der Waals surface area contributed by atoms with Crippen molar-refractivity contribution in [3.8, 4) is 0 Å². The molecule has 1 amide bonds. The molecule has 1 aromatic rings. The maximum Gasteiger partial charge on any atom is 0.273 e. The summed E-state index contributed by atoms with van der Waals surface area (Å²) < 4.78 is 4.75. The van der Waals surface area contributed by atoms with Crippen molar-refractivity contribution in [3.63, 3.8) is 0 Å². The summed E-state index contributed by atoms with van der Waals surface area (Å²) in [6.45, 7) is 5.84. The van der Waals surface area contributed by atoms with Crippen LogP contribution in [0.3, 0.4) is 0 Å². The molecule has 59 valence electrons. The summed E-state index contributed by atoms with van der Waals surface area (Å²) in [6.07, 6.45) is 1.29. The monoisotopic (exact) mass is 153 g/mol. The summed E-state index contributed by atoms with van der Waals surface area (Å²) in [4.78, 5) is 14.7. The number of nitrogens with one attached hydrogen (secondary N) is 1. The number of nitrogens with zero attached hydrogens (tertiary/aromatic N) is 1. The lowest BCUT2D eigenvalue weighted by molar-refractivity contribution is 0.0951. The Balaban J connectivity index is 2.69. The van der Waals surface area contributed by atoms with Gasteiger partial charge in [-0.3, -0.25) is 4.79 Å². The fourth-order valence-corrected chi connectivity index (χ4v) is 0.666. The van der Waals surface area contributed by atoms with Crippen LogP contribution in [-0.4, -0.2) is 17.4 Å². The van der Waals surface area contributed by atoms with Crippen LogP contribution in [0, 0.1) is 6.92 Å². The van der Waals surface area contributed by atoms with Crippen LogP contribution in [-0.2, 0) is 0 Å². The highest BCUT2D eigenvalue weighted by molar-refractivity contribution is 5.91. The minimum Gasteiger partial charge on any atom is -0.448 e. The summed E-state index contributed by atoms with van der Waals surface area (Å²) in [6, 6.07) is 0. The summed E-state index contributed by atoms with van der Waals surface area (Å²) >= 11 is 0. The molecule has 11 heavy (non-hydrogen) atoms. The average molecular weight is 153 g/mol. The van der Waals surface area contributed by atoms with Gasteiger partial charge in [0.15, 0.2) is 11.6 Å². The minimum atomic E-state index is -0.230. The lowest BCUT2D eigenvalue weighted by Gasteiger charge is -1.94. The van der Waals surface area contributed by atoms with E-state index in [1.54, 1.807) is 0 Å². The van der Waals surface area contributed by atoms with Crippen molar-refractivity contribution in [2.45, 2.75) is 6.92 Å². The van der Waals surface area contributed by atoms with E-state index < -0.39 is 0 Å². The summed E-state index contributed by atoms with van der Waals surface area (Å²) in [5.74, 6) is 0.0254. The van der Waals surface area contributed by atoms with E-state index in [1.807, 2.05) is 6.92 Å². The quantitative estimate of drug-likeness (QED) is 0.677. The first kappa shape index (κ1) is 7.78. The molecule has 4 nitrogen and oxygen atoms in total. The van der Waals surface area contributed by atoms with Crippen LogP contribution in [0.5, 0.6) is 0 Å². The molecule has 0 atom stereocenters. The first-order valence-electron chi connectivity index (χ1n) is 3.29. The molecule has 0 aliphatic carbocycles. The third-order valence-corrected chi connectivity index (χ3v) is 1.12. The number of hydrogen-bond acceptors (Lipinski definition) is 3. The first-order chi connectivity index (χ1) is 5.24. The van der Waals surface area contributed by atoms with Crippen molar-refractivity contribution in [2.24, 2.45) is 0 Å². The molecule has 1 heterocycles. The Labute approximate surface area is 64.6 Å². The van der Waals surface area contributed by atoms with Gasteiger partial charge in [-0.2, -0.15) is 0 Å². The maximum absolute atomic E-state index is 11.0. The SMILES string of the molecule is [CH2]c1nc(C(=O)NCC)co1. The number of oxazole rings is 1. The van der Waals surface area contributed by atoms with Crippen molar-refractivity contribution in [1.82, 2.24) is 10.3 Å². The molecule has 1 aromatic heterocycles. The molecule has 0 aromatic carbocycles. The first-order valence-corrected chi connectivity index (χ1v) is 3.29. The van der Waals surface area contributed by atoms with Crippen LogP contribution in [0.25, 0.3) is 0 Å². The standard InChI is InChI=1S/C7H9N2O2/c1-3-8-7(10)6-4-11-5(2)9-6/h4H,2-3H2,1H3,(H,8,10). The molecule has 0 fully saturated rings. The molecule has 1 radical (unpaired) electrons. The Morgan fingerprint density at radius 2 is 2.64 bits per heavy atom. The molecule has 4 heteroatoms. The van der Waals surface area contributed by atoms with Gasteiger partial charge in [-0.25, -0.2) is 4.98 Å². The van der Waals surface area contributed by atoms with Gasteiger partial charge >= 0.3 is 0 Å². The normalized spacial score (nSPS) is 9.64. The van der Waals surface area contributed by atoms with Crippen molar-refractivity contribution < 1.29 is 9.21 Å². The Hall–Kier alpha value is -1.32. The third kappa shape index (κ3) is 1.80. The number of amides is 1. The van der Waals surface area contributed by atoms with Gasteiger partial charge in [-0.1, -0.05) is 0 Å². The molecule has 0 spiro atoms. The van der Waals surface area contributed by atoms with Crippen LogP contribution in [0.15, 0.2) is 10.7 Å². The van der Waals surface area contributed by atoms with Crippen LogP contribution in [0.1, 0.15) is 23.3 Å². The van der Waals surface area contributed by atoms with Gasteiger partial charge in [0.25, 0.3) is 5.91 Å². The zero-order valence-electron chi connectivity index (χ0n) is 6.26. The number of rotatable bonds is 2. The van der Waals surface area contributed by atoms with E-state index in [0.717, 1.165) is 0 Å². The van der Waals surface area contributed by atoms with Crippen molar-refractivity contribution >= 4 is 5.91 Å². The summed E-state index contributed by atoms with van der Waals surface area (Å²) in [7, 11) is 0. The third-order valence-electron chi connectivity index (χ3n) is 1.12. The van der Waals surface area contributed by atoms with E-state index in [2.05, 4.69) is 17.2 Å². The molecule has 1 rings (SSSR count). The second-order valence-corrected chi connectivity index (χ2v) is 1.99. The van der Waals surface area contributed by atoms with Gasteiger partial charge in [0.05, 0.1) is 0 Å². The van der Waals surface area contributed by atoms with E-state index in [-0.39, 0.29) is 17.5 Å². The molecular weight excluding hydrogens is 144 g/mol. The van der Waals surface area contributed by atoms with Gasteiger partial charge in [-0.05, 0) is 6.92 Å². The Kier molecular flexibility index (Phi) is 2.25. The maximum atomic E-state index is 11.0. The van der Waals surface area contributed by atoms with E-state index in [1.165, 1.54) is 6.26 Å². The van der Waals surface area contributed by atoms with E-state index in [9.17, 15) is 4.79 Å². The van der Waals surface area contributed by atoms with Crippen LogP contribution in [0.2, 0.25) is 0 Å². The molecule has 0 saturated heterocycles. The van der Waals surface area contributed by atoms with Gasteiger partial charge in [0.1, 0.15) is 6.26 Å². The average Bonchev–Trinajstić information content (AvgIpc) is 2.36. The largest absolute Gasteiger partial charge is 0.448 e. The lowest BCUT2D eigenvalue weighted by atomic mass is 10.4. The topological polar surface area (TPSA) is 55.1 Å². The number of aromatic nitrogens is 1. The molecule has 1 N–H and O–H groups in total. The lowest BCUT2D eigenvalue weighted by Crippen LogP contribution is -2.22. The minimum absolute atomic E-state index is 0.230. The van der Waals surface area contributed by atoms with Crippen molar-refractivity contribution in [2.75, 3.05) is 6.54 Å². The predicted molar refractivity (Wildman–Crippen MR) is 39.0 cm³/mol. The van der Waals surface area contributed by atoms with E-state index >= 15 is 0 Å². The zero-order chi connectivity index (χ0) is 8.27. The van der Waals surface area contributed by atoms with Gasteiger partial charge in [0.2, 0.25) is 0 Å². The van der Waals surface area contributed by atoms with Crippen LogP contribution < -0.4 is 5.32 Å². The predicted octanol–water partition coefficient (Wildman–Crippen LogP) is 0.606.